The third-order valence-corrected chi connectivity index (χ3v) is 5.61. The first-order valence-electron chi connectivity index (χ1n) is 10.8. The van der Waals surface area contributed by atoms with Gasteiger partial charge in [-0.05, 0) is 96.1 Å². The van der Waals surface area contributed by atoms with Crippen molar-refractivity contribution < 1.29 is 14.3 Å². The largest absolute Gasteiger partial charge is 0.457 e. The molecule has 0 radical (unpaired) electrons. The van der Waals surface area contributed by atoms with Gasteiger partial charge in [-0.2, -0.15) is 0 Å². The molecule has 4 rings (SSSR count). The number of carbonyl (C=O) groups is 2. The Balaban J connectivity index is 1.34. The van der Waals surface area contributed by atoms with Crippen LogP contribution in [0.15, 0.2) is 109 Å². The second-order valence-electron chi connectivity index (χ2n) is 7.65. The summed E-state index contributed by atoms with van der Waals surface area (Å²) in [5.41, 5.74) is 2.89. The highest BCUT2D eigenvalue weighted by atomic mass is 35.5. The fourth-order valence-corrected chi connectivity index (χ4v) is 3.45. The van der Waals surface area contributed by atoms with Crippen LogP contribution in [0.1, 0.15) is 31.8 Å². The van der Waals surface area contributed by atoms with Crippen molar-refractivity contribution in [3.8, 4) is 11.5 Å². The van der Waals surface area contributed by atoms with Crippen LogP contribution >= 0.6 is 23.2 Å². The summed E-state index contributed by atoms with van der Waals surface area (Å²) in [6, 6.07) is 28.3. The summed E-state index contributed by atoms with van der Waals surface area (Å²) in [7, 11) is 0. The van der Waals surface area contributed by atoms with E-state index >= 15 is 0 Å². The predicted molar refractivity (Wildman–Crippen MR) is 143 cm³/mol. The molecule has 0 saturated heterocycles. The second kappa shape index (κ2) is 11.5. The molecule has 0 bridgehead atoms. The molecular formula is C30H20Cl2O3. The third kappa shape index (κ3) is 7.03. The second-order valence-corrected chi connectivity index (χ2v) is 8.52. The number of rotatable bonds is 8. The van der Waals surface area contributed by atoms with Crippen LogP contribution in [0.2, 0.25) is 10.0 Å². The van der Waals surface area contributed by atoms with E-state index in [1.807, 2.05) is 24.3 Å². The lowest BCUT2D eigenvalue weighted by Gasteiger charge is -2.07. The zero-order valence-corrected chi connectivity index (χ0v) is 20.0. The van der Waals surface area contributed by atoms with Crippen LogP contribution in [-0.2, 0) is 0 Å². The summed E-state index contributed by atoms with van der Waals surface area (Å²) in [5.74, 6) is 0.955. The fraction of sp³-hybridized carbons (Fsp3) is 0. The zero-order valence-electron chi connectivity index (χ0n) is 18.5. The van der Waals surface area contributed by atoms with Gasteiger partial charge in [0.15, 0.2) is 11.6 Å². The highest BCUT2D eigenvalue weighted by Gasteiger charge is 2.05. The molecule has 172 valence electrons. The minimum absolute atomic E-state index is 0.110. The van der Waals surface area contributed by atoms with Crippen molar-refractivity contribution in [1.82, 2.24) is 0 Å². The molecule has 0 aliphatic heterocycles. The normalized spacial score (nSPS) is 11.1. The molecule has 0 atom stereocenters. The lowest BCUT2D eigenvalue weighted by molar-refractivity contribution is 0.103. The van der Waals surface area contributed by atoms with Gasteiger partial charge in [0, 0.05) is 21.2 Å². The molecule has 4 aromatic rings. The zero-order chi connectivity index (χ0) is 24.6. The summed E-state index contributed by atoms with van der Waals surface area (Å²) in [4.78, 5) is 24.8. The standard InChI is InChI=1S/C30H20Cl2O3/c31-25-11-1-21(2-12-25)5-19-29(33)23-7-15-27(16-8-23)35-28-17-9-24(10-18-28)30(34)20-6-22-3-13-26(32)14-4-22/h1-20H/b19-5+,20-6+. The van der Waals surface area contributed by atoms with Crippen molar-refractivity contribution in [1.29, 1.82) is 0 Å². The summed E-state index contributed by atoms with van der Waals surface area (Å²) in [6.45, 7) is 0. The van der Waals surface area contributed by atoms with Crippen molar-refractivity contribution in [3.63, 3.8) is 0 Å². The van der Waals surface area contributed by atoms with Crippen molar-refractivity contribution in [3.05, 3.63) is 142 Å². The maximum Gasteiger partial charge on any atom is 0.185 e. The van der Waals surface area contributed by atoms with Gasteiger partial charge in [-0.3, -0.25) is 9.59 Å². The Labute approximate surface area is 213 Å². The highest BCUT2D eigenvalue weighted by Crippen LogP contribution is 2.23. The van der Waals surface area contributed by atoms with Gasteiger partial charge in [-0.1, -0.05) is 59.6 Å². The summed E-state index contributed by atoms with van der Waals surface area (Å²) in [5, 5.41) is 1.30. The maximum absolute atomic E-state index is 12.4. The number of hydrogen-bond acceptors (Lipinski definition) is 3. The lowest BCUT2D eigenvalue weighted by Crippen LogP contribution is -1.95. The molecule has 0 saturated carbocycles. The average Bonchev–Trinajstić information content (AvgIpc) is 2.88. The van der Waals surface area contributed by atoms with E-state index in [2.05, 4.69) is 0 Å². The molecule has 5 heteroatoms. The minimum atomic E-state index is -0.110. The van der Waals surface area contributed by atoms with Gasteiger partial charge in [0.2, 0.25) is 0 Å². The van der Waals surface area contributed by atoms with E-state index < -0.39 is 0 Å². The van der Waals surface area contributed by atoms with Gasteiger partial charge >= 0.3 is 0 Å². The SMILES string of the molecule is O=C(/C=C/c1ccc(Cl)cc1)c1ccc(Oc2ccc(C(=O)/C=C/c3ccc(Cl)cc3)cc2)cc1. The fourth-order valence-electron chi connectivity index (χ4n) is 3.19. The molecule has 0 N–H and O–H groups in total. The number of ether oxygens (including phenoxy) is 1. The molecule has 35 heavy (non-hydrogen) atoms. The molecule has 0 unspecified atom stereocenters. The third-order valence-electron chi connectivity index (χ3n) is 5.11. The Hall–Kier alpha value is -3.92. The van der Waals surface area contributed by atoms with Crippen molar-refractivity contribution in [2.24, 2.45) is 0 Å². The van der Waals surface area contributed by atoms with E-state index in [4.69, 9.17) is 27.9 Å². The number of carbonyl (C=O) groups excluding carboxylic acids is 2. The molecule has 0 amide bonds. The number of allylic oxidation sites excluding steroid dienone is 2. The molecule has 0 spiro atoms. The number of hydrogen-bond donors (Lipinski definition) is 0. The molecule has 0 fully saturated rings. The molecule has 0 aliphatic rings. The number of benzene rings is 4. The molecular weight excluding hydrogens is 479 g/mol. The van der Waals surface area contributed by atoms with Crippen LogP contribution < -0.4 is 4.74 Å². The van der Waals surface area contributed by atoms with Crippen LogP contribution in [0, 0.1) is 0 Å². The quantitative estimate of drug-likeness (QED) is 0.180. The van der Waals surface area contributed by atoms with E-state index in [1.54, 1.807) is 84.9 Å². The van der Waals surface area contributed by atoms with Crippen LogP contribution in [0.4, 0.5) is 0 Å². The molecule has 0 aromatic heterocycles. The van der Waals surface area contributed by atoms with Gasteiger partial charge in [-0.25, -0.2) is 0 Å². The number of ketones is 2. The number of halogens is 2. The Kier molecular flexibility index (Phi) is 7.94. The van der Waals surface area contributed by atoms with Gasteiger partial charge < -0.3 is 4.74 Å². The lowest BCUT2D eigenvalue weighted by atomic mass is 10.1. The van der Waals surface area contributed by atoms with Gasteiger partial charge in [0.1, 0.15) is 11.5 Å². The first-order valence-corrected chi connectivity index (χ1v) is 11.6. The van der Waals surface area contributed by atoms with Crippen molar-refractivity contribution >= 4 is 46.9 Å². The molecule has 4 aromatic carbocycles. The van der Waals surface area contributed by atoms with Gasteiger partial charge in [0.25, 0.3) is 0 Å². The van der Waals surface area contributed by atoms with Crippen LogP contribution in [0.3, 0.4) is 0 Å². The van der Waals surface area contributed by atoms with E-state index in [1.165, 1.54) is 12.2 Å². The monoisotopic (exact) mass is 498 g/mol. The van der Waals surface area contributed by atoms with E-state index in [0.717, 1.165) is 11.1 Å². The van der Waals surface area contributed by atoms with E-state index in [9.17, 15) is 9.59 Å². The smallest absolute Gasteiger partial charge is 0.185 e. The minimum Gasteiger partial charge on any atom is -0.457 e. The topological polar surface area (TPSA) is 43.4 Å². The van der Waals surface area contributed by atoms with Gasteiger partial charge in [0.05, 0.1) is 0 Å². The van der Waals surface area contributed by atoms with Crippen LogP contribution in [0.25, 0.3) is 12.2 Å². The summed E-state index contributed by atoms with van der Waals surface area (Å²) in [6.07, 6.45) is 6.54. The predicted octanol–water partition coefficient (Wildman–Crippen LogP) is 8.58. The first kappa shape index (κ1) is 24.2. The Morgan fingerprint density at radius 1 is 0.514 bits per heavy atom. The Morgan fingerprint density at radius 3 is 1.20 bits per heavy atom. The van der Waals surface area contributed by atoms with Crippen LogP contribution in [-0.4, -0.2) is 11.6 Å². The molecule has 3 nitrogen and oxygen atoms in total. The van der Waals surface area contributed by atoms with Crippen molar-refractivity contribution in [2.45, 2.75) is 0 Å². The highest BCUT2D eigenvalue weighted by molar-refractivity contribution is 6.30. The van der Waals surface area contributed by atoms with E-state index in [-0.39, 0.29) is 11.6 Å². The summed E-state index contributed by atoms with van der Waals surface area (Å²) < 4.78 is 5.85. The van der Waals surface area contributed by atoms with Gasteiger partial charge in [-0.15, -0.1) is 0 Å². The Bertz CT molecular complexity index is 1260. The first-order chi connectivity index (χ1) is 17.0. The Morgan fingerprint density at radius 2 is 0.857 bits per heavy atom. The van der Waals surface area contributed by atoms with Crippen molar-refractivity contribution in [2.75, 3.05) is 0 Å². The maximum atomic E-state index is 12.4. The van der Waals surface area contributed by atoms with E-state index in [0.29, 0.717) is 32.7 Å². The van der Waals surface area contributed by atoms with Crippen LogP contribution in [0.5, 0.6) is 11.5 Å². The molecule has 0 heterocycles. The molecule has 0 aliphatic carbocycles. The average molecular weight is 499 g/mol. The summed E-state index contributed by atoms with van der Waals surface area (Å²) >= 11 is 11.8.